The van der Waals surface area contributed by atoms with Gasteiger partial charge >= 0.3 is 0 Å². The molecule has 2 amide bonds. The Kier molecular flexibility index (Phi) is 11.8. The molecule has 3 aromatic rings. The summed E-state index contributed by atoms with van der Waals surface area (Å²) < 4.78 is 11.4. The van der Waals surface area contributed by atoms with Crippen molar-refractivity contribution in [2.45, 2.75) is 58.7 Å². The van der Waals surface area contributed by atoms with Gasteiger partial charge in [0.15, 0.2) is 5.75 Å². The molecule has 1 aliphatic heterocycles. The summed E-state index contributed by atoms with van der Waals surface area (Å²) in [5, 5.41) is 7.36. The molecule has 1 aliphatic carbocycles. The number of nitrogens with one attached hydrogen (secondary N) is 2. The number of carbonyl (C=O) groups excluding carboxylic acids is 2. The molecule has 2 atom stereocenters. The number of amides is 2. The van der Waals surface area contributed by atoms with Crippen LogP contribution in [0.3, 0.4) is 0 Å². The van der Waals surface area contributed by atoms with Gasteiger partial charge in [-0.05, 0) is 87.0 Å². The molecular weight excluding hydrogens is 623 g/mol. The van der Waals surface area contributed by atoms with Crippen LogP contribution < -0.4 is 20.1 Å². The maximum Gasteiger partial charge on any atom is 0.253 e. The van der Waals surface area contributed by atoms with Crippen LogP contribution in [0.25, 0.3) is 0 Å². The van der Waals surface area contributed by atoms with Gasteiger partial charge in [0.2, 0.25) is 11.8 Å². The average molecular weight is 662 g/mol. The number of aromatic nitrogens is 1. The van der Waals surface area contributed by atoms with E-state index < -0.39 is 0 Å². The third kappa shape index (κ3) is 8.36. The number of benzene rings is 2. The van der Waals surface area contributed by atoms with Gasteiger partial charge in [-0.3, -0.25) is 9.59 Å². The Balaban J connectivity index is 0.00000442. The van der Waals surface area contributed by atoms with E-state index >= 15 is 0 Å². The van der Waals surface area contributed by atoms with Crippen LogP contribution in [0.15, 0.2) is 48.7 Å². The summed E-state index contributed by atoms with van der Waals surface area (Å²) in [6, 6.07) is 13.1. The van der Waals surface area contributed by atoms with Crippen molar-refractivity contribution in [1.29, 1.82) is 0 Å². The molecule has 0 spiro atoms. The van der Waals surface area contributed by atoms with Crippen molar-refractivity contribution < 1.29 is 19.1 Å². The number of hydrogen-bond donors (Lipinski definition) is 2. The van der Waals surface area contributed by atoms with Gasteiger partial charge in [-0.25, -0.2) is 4.98 Å². The number of pyridine rings is 1. The number of halogens is 3. The molecule has 2 fully saturated rings. The summed E-state index contributed by atoms with van der Waals surface area (Å²) in [4.78, 5) is 33.4. The summed E-state index contributed by atoms with van der Waals surface area (Å²) >= 11 is 12.4. The largest absolute Gasteiger partial charge is 0.487 e. The SMILES string of the molecule is Cc1cc(Cl)c(OCCOc2ccc(C(=O)NC3CCNCC3C(=O)N(Cc3cccc(C)c3C)C3CC3)cn2)c(Cl)c1.Cl. The van der Waals surface area contributed by atoms with Crippen molar-refractivity contribution in [3.63, 3.8) is 0 Å². The van der Waals surface area contributed by atoms with Crippen molar-refractivity contribution in [1.82, 2.24) is 20.5 Å². The van der Waals surface area contributed by atoms with Gasteiger partial charge in [0.05, 0.1) is 21.5 Å². The van der Waals surface area contributed by atoms with E-state index in [4.69, 9.17) is 32.7 Å². The maximum absolute atomic E-state index is 13.9. The van der Waals surface area contributed by atoms with E-state index in [0.717, 1.165) is 24.9 Å². The lowest BCUT2D eigenvalue weighted by Gasteiger charge is -2.36. The first-order chi connectivity index (χ1) is 20.7. The standard InChI is InChI=1S/C33H38Cl2N4O4.ClH/c1-20-15-27(34)31(28(35)16-20)43-14-13-42-30-10-7-23(17-37-30)32(40)38-29-11-12-36-18-26(29)33(41)39(25-8-9-25)19-24-6-4-5-21(2)22(24)3;/h4-7,10,15-17,25-26,29,36H,8-9,11-14,18-19H2,1-3H3,(H,38,40);1H. The topological polar surface area (TPSA) is 92.8 Å². The Hall–Kier alpha value is -3.04. The number of ether oxygens (including phenoxy) is 2. The third-order valence-corrected chi connectivity index (χ3v) is 8.73. The molecule has 1 aromatic heterocycles. The minimum atomic E-state index is -0.338. The van der Waals surface area contributed by atoms with Crippen LogP contribution in [-0.4, -0.2) is 60.1 Å². The molecule has 2 aliphatic rings. The van der Waals surface area contributed by atoms with Crippen molar-refractivity contribution in [2.75, 3.05) is 26.3 Å². The van der Waals surface area contributed by atoms with Crippen molar-refractivity contribution in [3.8, 4) is 11.6 Å². The number of carbonyl (C=O) groups is 2. The zero-order valence-corrected chi connectivity index (χ0v) is 27.5. The molecule has 1 saturated carbocycles. The molecular formula is C33H39Cl3N4O4. The predicted octanol–water partition coefficient (Wildman–Crippen LogP) is 6.09. The van der Waals surface area contributed by atoms with E-state index in [2.05, 4.69) is 41.6 Å². The summed E-state index contributed by atoms with van der Waals surface area (Å²) in [7, 11) is 0. The van der Waals surface area contributed by atoms with Gasteiger partial charge in [0.1, 0.15) is 13.2 Å². The third-order valence-electron chi connectivity index (χ3n) is 8.16. The fourth-order valence-corrected chi connectivity index (χ4v) is 6.12. The van der Waals surface area contributed by atoms with Crippen molar-refractivity contribution >= 4 is 47.4 Å². The van der Waals surface area contributed by atoms with Crippen LogP contribution in [0.4, 0.5) is 0 Å². The summed E-state index contributed by atoms with van der Waals surface area (Å²) in [6.45, 7) is 8.42. The molecule has 11 heteroatoms. The number of nitrogens with zero attached hydrogens (tertiary/aromatic N) is 2. The Morgan fingerprint density at radius 2 is 1.75 bits per heavy atom. The molecule has 2 heterocycles. The highest BCUT2D eigenvalue weighted by Crippen LogP contribution is 2.34. The lowest BCUT2D eigenvalue weighted by molar-refractivity contribution is -0.138. The number of rotatable bonds is 11. The van der Waals surface area contributed by atoms with E-state index in [9.17, 15) is 9.59 Å². The van der Waals surface area contributed by atoms with Crippen molar-refractivity contribution in [2.24, 2.45) is 5.92 Å². The average Bonchev–Trinajstić information content (AvgIpc) is 3.83. The maximum atomic E-state index is 13.9. The molecule has 2 N–H and O–H groups in total. The van der Waals surface area contributed by atoms with Gasteiger partial charge in [-0.15, -0.1) is 12.4 Å². The fraction of sp³-hybridized carbons (Fsp3) is 0.424. The van der Waals surface area contributed by atoms with Crippen LogP contribution in [-0.2, 0) is 11.3 Å². The van der Waals surface area contributed by atoms with Crippen LogP contribution in [0.2, 0.25) is 10.0 Å². The molecule has 1 saturated heterocycles. The minimum absolute atomic E-state index is 0. The molecule has 0 bridgehead atoms. The van der Waals surface area contributed by atoms with Crippen LogP contribution in [0.5, 0.6) is 11.6 Å². The minimum Gasteiger partial charge on any atom is -0.487 e. The lowest BCUT2D eigenvalue weighted by Crippen LogP contribution is -2.55. The van der Waals surface area contributed by atoms with E-state index in [1.165, 1.54) is 22.9 Å². The number of piperidine rings is 1. The monoisotopic (exact) mass is 660 g/mol. The quantitative estimate of drug-likeness (QED) is 0.242. The summed E-state index contributed by atoms with van der Waals surface area (Å²) in [6.07, 6.45) is 4.20. The smallest absolute Gasteiger partial charge is 0.253 e. The van der Waals surface area contributed by atoms with Crippen LogP contribution >= 0.6 is 35.6 Å². The molecule has 5 rings (SSSR count). The Morgan fingerprint density at radius 1 is 1.02 bits per heavy atom. The fourth-order valence-electron chi connectivity index (χ4n) is 5.41. The Bertz CT molecular complexity index is 1440. The highest BCUT2D eigenvalue weighted by atomic mass is 35.5. The molecule has 0 radical (unpaired) electrons. The highest BCUT2D eigenvalue weighted by Gasteiger charge is 2.40. The van der Waals surface area contributed by atoms with Gasteiger partial charge in [-0.1, -0.05) is 41.4 Å². The lowest BCUT2D eigenvalue weighted by atomic mass is 9.91. The van der Waals surface area contributed by atoms with E-state index in [0.29, 0.717) is 46.7 Å². The Labute approximate surface area is 275 Å². The summed E-state index contributed by atoms with van der Waals surface area (Å²) in [5.74, 6) is 0.274. The normalized spacial score (nSPS) is 17.8. The zero-order chi connectivity index (χ0) is 30.5. The van der Waals surface area contributed by atoms with Gasteiger partial charge < -0.3 is 25.0 Å². The van der Waals surface area contributed by atoms with Crippen LogP contribution in [0.1, 0.15) is 51.9 Å². The first-order valence-corrected chi connectivity index (χ1v) is 15.5. The first-order valence-electron chi connectivity index (χ1n) is 14.8. The number of hydrogen-bond acceptors (Lipinski definition) is 6. The molecule has 8 nitrogen and oxygen atoms in total. The highest BCUT2D eigenvalue weighted by molar-refractivity contribution is 6.37. The second-order valence-electron chi connectivity index (χ2n) is 11.4. The second kappa shape index (κ2) is 15.3. The van der Waals surface area contributed by atoms with E-state index in [1.54, 1.807) is 24.3 Å². The predicted molar refractivity (Wildman–Crippen MR) is 175 cm³/mol. The Morgan fingerprint density at radius 3 is 2.43 bits per heavy atom. The molecule has 2 unspecified atom stereocenters. The van der Waals surface area contributed by atoms with E-state index in [-0.39, 0.29) is 55.4 Å². The molecule has 236 valence electrons. The first kappa shape index (κ1) is 33.8. The van der Waals surface area contributed by atoms with Gasteiger partial charge in [-0.2, -0.15) is 0 Å². The van der Waals surface area contributed by atoms with E-state index in [1.807, 2.05) is 17.9 Å². The van der Waals surface area contributed by atoms with Crippen LogP contribution in [0, 0.1) is 26.7 Å². The van der Waals surface area contributed by atoms with Crippen molar-refractivity contribution in [3.05, 3.63) is 86.5 Å². The number of aryl methyl sites for hydroxylation is 2. The second-order valence-corrected chi connectivity index (χ2v) is 12.2. The molecule has 44 heavy (non-hydrogen) atoms. The van der Waals surface area contributed by atoms with Gasteiger partial charge in [0.25, 0.3) is 5.91 Å². The molecule has 2 aromatic carbocycles. The van der Waals surface area contributed by atoms with Gasteiger partial charge in [0, 0.05) is 37.4 Å². The summed E-state index contributed by atoms with van der Waals surface area (Å²) in [5.41, 5.74) is 4.97. The zero-order valence-electron chi connectivity index (χ0n) is 25.2.